The average Bonchev–Trinajstić information content (AvgIpc) is 3.23. The first-order chi connectivity index (χ1) is 11.3. The van der Waals surface area contributed by atoms with Gasteiger partial charge in [0.05, 0.1) is 12.0 Å². The molecule has 0 radical (unpaired) electrons. The number of carbonyl (C=O) groups excluding carboxylic acids is 1. The molecule has 5 nitrogen and oxygen atoms in total. The topological polar surface area (TPSA) is 45.7 Å². The van der Waals surface area contributed by atoms with E-state index >= 15 is 0 Å². The second-order valence-corrected chi connectivity index (χ2v) is 8.09. The molecule has 0 bridgehead atoms. The van der Waals surface area contributed by atoms with E-state index in [2.05, 4.69) is 14.8 Å². The van der Waals surface area contributed by atoms with Crippen LogP contribution in [0.1, 0.15) is 37.1 Å². The van der Waals surface area contributed by atoms with Gasteiger partial charge in [-0.1, -0.05) is 0 Å². The van der Waals surface area contributed by atoms with Gasteiger partial charge in [-0.15, -0.1) is 11.3 Å². The molecule has 1 atom stereocenters. The number of aromatic nitrogens is 1. The summed E-state index contributed by atoms with van der Waals surface area (Å²) in [6, 6.07) is 0.404. The summed E-state index contributed by atoms with van der Waals surface area (Å²) in [7, 11) is 0. The fourth-order valence-corrected chi connectivity index (χ4v) is 5.10. The minimum absolute atomic E-state index is 0.131. The Morgan fingerprint density at radius 1 is 1.30 bits per heavy atom. The van der Waals surface area contributed by atoms with Crippen LogP contribution in [0.15, 0.2) is 11.6 Å². The highest BCUT2D eigenvalue weighted by molar-refractivity contribution is 7.09. The summed E-state index contributed by atoms with van der Waals surface area (Å²) in [5, 5.41) is 3.19. The molecule has 0 aromatic carbocycles. The Hall–Kier alpha value is -0.980. The zero-order valence-corrected chi connectivity index (χ0v) is 14.4. The Kier molecular flexibility index (Phi) is 4.39. The Morgan fingerprint density at radius 3 is 2.96 bits per heavy atom. The highest BCUT2D eigenvalue weighted by Gasteiger charge is 2.49. The zero-order valence-electron chi connectivity index (χ0n) is 13.6. The maximum absolute atomic E-state index is 13.2. The molecule has 3 saturated heterocycles. The van der Waals surface area contributed by atoms with Gasteiger partial charge in [-0.3, -0.25) is 9.69 Å². The molecule has 126 valence electrons. The molecule has 0 unspecified atom stereocenters. The summed E-state index contributed by atoms with van der Waals surface area (Å²) in [6.07, 6.45) is 7.09. The lowest BCUT2D eigenvalue weighted by molar-refractivity contribution is -0.150. The van der Waals surface area contributed by atoms with Crippen LogP contribution in [0.3, 0.4) is 0 Å². The third-order valence-corrected chi connectivity index (χ3v) is 6.44. The van der Waals surface area contributed by atoms with E-state index in [0.717, 1.165) is 76.5 Å². The van der Waals surface area contributed by atoms with Gasteiger partial charge in [0.15, 0.2) is 0 Å². The van der Waals surface area contributed by atoms with Gasteiger partial charge in [-0.25, -0.2) is 4.98 Å². The van der Waals surface area contributed by atoms with Gasteiger partial charge >= 0.3 is 0 Å². The molecule has 1 spiro atoms. The lowest BCUT2D eigenvalue weighted by Gasteiger charge is -2.44. The zero-order chi connectivity index (χ0) is 15.7. The fraction of sp³-hybridized carbons (Fsp3) is 0.765. The van der Waals surface area contributed by atoms with Gasteiger partial charge in [0.25, 0.3) is 0 Å². The van der Waals surface area contributed by atoms with Crippen LogP contribution in [0.4, 0.5) is 0 Å². The number of amides is 1. The standard InChI is InChI=1S/C17H25N3O2S/c21-16-17(4-1-7-20(16)14-2-9-22-10-3-14)5-8-19(13-17)12-15-18-6-11-23-15/h6,11,14H,1-5,7-10,12-13H2/t17-/m0/s1. The number of likely N-dealkylation sites (tertiary alicyclic amines) is 2. The number of hydrogen-bond donors (Lipinski definition) is 0. The smallest absolute Gasteiger partial charge is 0.230 e. The molecule has 6 heteroatoms. The Balaban J connectivity index is 1.44. The van der Waals surface area contributed by atoms with Crippen LogP contribution in [0, 0.1) is 5.41 Å². The molecule has 3 aliphatic heterocycles. The third kappa shape index (κ3) is 3.04. The van der Waals surface area contributed by atoms with E-state index in [4.69, 9.17) is 4.74 Å². The largest absolute Gasteiger partial charge is 0.381 e. The van der Waals surface area contributed by atoms with Gasteiger partial charge < -0.3 is 9.64 Å². The molecule has 1 aromatic rings. The van der Waals surface area contributed by atoms with Gasteiger partial charge in [-0.2, -0.15) is 0 Å². The predicted octanol–water partition coefficient (Wildman–Crippen LogP) is 2.14. The molecule has 0 aliphatic carbocycles. The second kappa shape index (κ2) is 6.49. The summed E-state index contributed by atoms with van der Waals surface area (Å²) in [6.45, 7) is 5.37. The first-order valence-electron chi connectivity index (χ1n) is 8.76. The number of rotatable bonds is 3. The molecule has 0 saturated carbocycles. The summed E-state index contributed by atoms with van der Waals surface area (Å²) in [4.78, 5) is 22.2. The number of piperidine rings is 1. The molecule has 4 heterocycles. The van der Waals surface area contributed by atoms with Crippen molar-refractivity contribution in [1.82, 2.24) is 14.8 Å². The van der Waals surface area contributed by atoms with Crippen molar-refractivity contribution >= 4 is 17.2 Å². The van der Waals surface area contributed by atoms with Gasteiger partial charge in [-0.05, 0) is 38.6 Å². The molecular weight excluding hydrogens is 310 g/mol. The van der Waals surface area contributed by atoms with Crippen LogP contribution in [-0.2, 0) is 16.1 Å². The summed E-state index contributed by atoms with van der Waals surface area (Å²) < 4.78 is 5.47. The molecule has 3 fully saturated rings. The SMILES string of the molecule is O=C1N(C2CCOCC2)CCC[C@@]12CCN(Cc1nccs1)C2. The molecule has 23 heavy (non-hydrogen) atoms. The number of ether oxygens (including phenoxy) is 1. The van der Waals surface area contributed by atoms with Crippen LogP contribution >= 0.6 is 11.3 Å². The minimum atomic E-state index is -0.131. The fourth-order valence-electron chi connectivity index (χ4n) is 4.44. The Bertz CT molecular complexity index is 544. The Morgan fingerprint density at radius 2 is 2.17 bits per heavy atom. The lowest BCUT2D eigenvalue weighted by atomic mass is 9.77. The molecule has 4 rings (SSSR count). The van der Waals surface area contributed by atoms with Gasteiger partial charge in [0.2, 0.25) is 5.91 Å². The number of nitrogens with zero attached hydrogens (tertiary/aromatic N) is 3. The van der Waals surface area contributed by atoms with Gasteiger partial charge in [0.1, 0.15) is 5.01 Å². The van der Waals surface area contributed by atoms with Crippen LogP contribution in [-0.4, -0.2) is 59.6 Å². The molecule has 1 aromatic heterocycles. The highest BCUT2D eigenvalue weighted by Crippen LogP contribution is 2.41. The number of carbonyl (C=O) groups is 1. The summed E-state index contributed by atoms with van der Waals surface area (Å²) in [5.74, 6) is 0.414. The molecular formula is C17H25N3O2S. The van der Waals surface area contributed by atoms with Crippen molar-refractivity contribution in [2.75, 3.05) is 32.8 Å². The Labute approximate surface area is 141 Å². The van der Waals surface area contributed by atoms with Crippen molar-refractivity contribution in [3.05, 3.63) is 16.6 Å². The van der Waals surface area contributed by atoms with E-state index in [9.17, 15) is 4.79 Å². The van der Waals surface area contributed by atoms with Crippen molar-refractivity contribution in [3.8, 4) is 0 Å². The maximum atomic E-state index is 13.2. The van der Waals surface area contributed by atoms with Crippen molar-refractivity contribution in [1.29, 1.82) is 0 Å². The van der Waals surface area contributed by atoms with E-state index in [0.29, 0.717) is 11.9 Å². The summed E-state index contributed by atoms with van der Waals surface area (Å²) in [5.41, 5.74) is -0.131. The van der Waals surface area contributed by atoms with E-state index in [1.807, 2.05) is 11.6 Å². The quantitative estimate of drug-likeness (QED) is 0.849. The van der Waals surface area contributed by atoms with Gasteiger partial charge in [0, 0.05) is 43.9 Å². The van der Waals surface area contributed by atoms with E-state index in [-0.39, 0.29) is 5.41 Å². The summed E-state index contributed by atoms with van der Waals surface area (Å²) >= 11 is 1.71. The number of hydrogen-bond acceptors (Lipinski definition) is 5. The van der Waals surface area contributed by atoms with Crippen LogP contribution < -0.4 is 0 Å². The third-order valence-electron chi connectivity index (χ3n) is 5.68. The molecule has 3 aliphatic rings. The van der Waals surface area contributed by atoms with E-state index < -0.39 is 0 Å². The monoisotopic (exact) mass is 335 g/mol. The molecule has 1 amide bonds. The predicted molar refractivity (Wildman–Crippen MR) is 89.2 cm³/mol. The first-order valence-corrected chi connectivity index (χ1v) is 9.64. The van der Waals surface area contributed by atoms with Crippen LogP contribution in [0.5, 0.6) is 0 Å². The van der Waals surface area contributed by atoms with E-state index in [1.165, 1.54) is 0 Å². The van der Waals surface area contributed by atoms with E-state index in [1.54, 1.807) is 11.3 Å². The van der Waals surface area contributed by atoms with Crippen molar-refractivity contribution in [3.63, 3.8) is 0 Å². The highest BCUT2D eigenvalue weighted by atomic mass is 32.1. The van der Waals surface area contributed by atoms with Crippen LogP contribution in [0.25, 0.3) is 0 Å². The average molecular weight is 335 g/mol. The second-order valence-electron chi connectivity index (χ2n) is 7.11. The number of thiazole rings is 1. The maximum Gasteiger partial charge on any atom is 0.230 e. The normalized spacial score (nSPS) is 30.4. The van der Waals surface area contributed by atoms with Crippen molar-refractivity contribution < 1.29 is 9.53 Å². The lowest BCUT2D eigenvalue weighted by Crippen LogP contribution is -2.54. The van der Waals surface area contributed by atoms with Crippen molar-refractivity contribution in [2.24, 2.45) is 5.41 Å². The van der Waals surface area contributed by atoms with Crippen molar-refractivity contribution in [2.45, 2.75) is 44.7 Å². The molecule has 0 N–H and O–H groups in total. The van der Waals surface area contributed by atoms with Crippen LogP contribution in [0.2, 0.25) is 0 Å². The minimum Gasteiger partial charge on any atom is -0.381 e. The first kappa shape index (κ1) is 15.5.